The van der Waals surface area contributed by atoms with Crippen LogP contribution in [-0.2, 0) is 6.42 Å². The molecule has 8 rings (SSSR count). The van der Waals surface area contributed by atoms with E-state index in [4.69, 9.17) is 20.9 Å². The summed E-state index contributed by atoms with van der Waals surface area (Å²) in [5, 5.41) is 1.16. The molecule has 1 aromatic heterocycles. The number of hydrogen-bond acceptors (Lipinski definition) is 1. The van der Waals surface area contributed by atoms with E-state index in [2.05, 4.69) is 0 Å². The summed E-state index contributed by atoms with van der Waals surface area (Å²) in [4.78, 5) is 0. The van der Waals surface area contributed by atoms with E-state index in [9.17, 15) is 2.74 Å². The molecular formula is C37H24O. The molecule has 8 aromatic rings. The van der Waals surface area contributed by atoms with Gasteiger partial charge in [0.05, 0.1) is 19.2 Å². The third kappa shape index (κ3) is 3.26. The van der Waals surface area contributed by atoms with E-state index in [0.29, 0.717) is 22.1 Å². The second-order valence-electron chi connectivity index (χ2n) is 9.05. The first-order valence-electron chi connectivity index (χ1n) is 19.0. The van der Waals surface area contributed by atoms with Gasteiger partial charge in [-0.2, -0.15) is 0 Å². The second-order valence-corrected chi connectivity index (χ2v) is 9.05. The Morgan fingerprint density at radius 1 is 0.526 bits per heavy atom. The number of hydrogen-bond donors (Lipinski definition) is 0. The molecule has 0 fully saturated rings. The van der Waals surface area contributed by atoms with Crippen LogP contribution in [0.25, 0.3) is 65.4 Å². The van der Waals surface area contributed by atoms with Crippen LogP contribution in [-0.4, -0.2) is 0 Å². The lowest BCUT2D eigenvalue weighted by atomic mass is 9.86. The number of fused-ring (bicyclic) bond motifs is 6. The van der Waals surface area contributed by atoms with E-state index in [1.165, 1.54) is 6.07 Å². The molecule has 0 N–H and O–H groups in total. The molecule has 0 bridgehead atoms. The van der Waals surface area contributed by atoms with E-state index >= 15 is 0 Å². The zero-order valence-electron chi connectivity index (χ0n) is 33.7. The molecular weight excluding hydrogens is 460 g/mol. The van der Waals surface area contributed by atoms with Gasteiger partial charge in [-0.05, 0) is 79.2 Å². The summed E-state index contributed by atoms with van der Waals surface area (Å²) in [5.74, 6) is 0. The highest BCUT2D eigenvalue weighted by Gasteiger charge is 2.17. The smallest absolute Gasteiger partial charge is 0.135 e. The molecule has 0 spiro atoms. The Balaban J connectivity index is 1.57. The molecule has 0 unspecified atom stereocenters. The van der Waals surface area contributed by atoms with Gasteiger partial charge in [0.1, 0.15) is 11.2 Å². The van der Waals surface area contributed by atoms with Crippen LogP contribution in [0.15, 0.2) is 138 Å². The van der Waals surface area contributed by atoms with Gasteiger partial charge >= 0.3 is 0 Å². The molecule has 0 radical (unpaired) electrons. The molecule has 0 saturated heterocycles. The first-order chi connectivity index (χ1) is 24.6. The first kappa shape index (κ1) is 11.7. The molecule has 1 nitrogen and oxygen atoms in total. The zero-order valence-corrected chi connectivity index (χ0v) is 19.7. The summed E-state index contributed by atoms with van der Waals surface area (Å²) < 4.78 is 128. The summed E-state index contributed by atoms with van der Waals surface area (Å²) in [5.41, 5.74) is 1.83. The van der Waals surface area contributed by atoms with Gasteiger partial charge in [-0.15, -0.1) is 0 Å². The van der Waals surface area contributed by atoms with Crippen molar-refractivity contribution in [3.8, 4) is 11.1 Å². The molecule has 178 valence electrons. The SMILES string of the molecule is [2H]c1c([2H])c([2H])c2c([2H])c([2H])c(Cc3c4c([2H])c([2H])c([2H])c([2H])c4c(-c4ccc5oc6ccccc6c5c4)c4c([2H])c([2H])c([2H])c([2H])c34)cc2c1[2H]. The lowest BCUT2D eigenvalue weighted by Gasteiger charge is -2.18. The molecule has 0 atom stereocenters. The lowest BCUT2D eigenvalue weighted by Crippen LogP contribution is -1.95. The predicted octanol–water partition coefficient (Wildman–Crippen LogP) is 10.3. The van der Waals surface area contributed by atoms with E-state index in [-0.39, 0.29) is 55.4 Å². The van der Waals surface area contributed by atoms with Gasteiger partial charge in [0.25, 0.3) is 0 Å². The number of rotatable bonds is 3. The molecule has 0 saturated carbocycles. The Morgan fingerprint density at radius 3 is 1.97 bits per heavy atom. The Hall–Kier alpha value is -4.88. The maximum atomic E-state index is 9.18. The average Bonchev–Trinajstić information content (AvgIpc) is 3.51. The topological polar surface area (TPSA) is 13.1 Å². The van der Waals surface area contributed by atoms with Crippen molar-refractivity contribution < 1.29 is 23.6 Å². The fourth-order valence-corrected chi connectivity index (χ4v) is 5.22. The quantitative estimate of drug-likeness (QED) is 0.221. The predicted molar refractivity (Wildman–Crippen MR) is 161 cm³/mol. The number of para-hydroxylation sites is 1. The highest BCUT2D eigenvalue weighted by atomic mass is 16.3. The summed E-state index contributed by atoms with van der Waals surface area (Å²) in [6, 6.07) is 6.82. The van der Waals surface area contributed by atoms with Crippen molar-refractivity contribution in [1.29, 1.82) is 0 Å². The van der Waals surface area contributed by atoms with Gasteiger partial charge in [0, 0.05) is 10.8 Å². The Bertz CT molecular complexity index is 2850. The highest BCUT2D eigenvalue weighted by molar-refractivity contribution is 6.16. The van der Waals surface area contributed by atoms with E-state index in [0.717, 1.165) is 5.39 Å². The molecule has 7 aromatic carbocycles. The van der Waals surface area contributed by atoms with Crippen molar-refractivity contribution in [2.45, 2.75) is 6.42 Å². The van der Waals surface area contributed by atoms with Crippen LogP contribution in [0, 0.1) is 0 Å². The van der Waals surface area contributed by atoms with Crippen molar-refractivity contribution >= 4 is 54.3 Å². The highest BCUT2D eigenvalue weighted by Crippen LogP contribution is 2.42. The van der Waals surface area contributed by atoms with Gasteiger partial charge < -0.3 is 4.42 Å². The monoisotopic (exact) mass is 498 g/mol. The Morgan fingerprint density at radius 2 is 1.18 bits per heavy atom. The molecule has 1 heterocycles. The third-order valence-electron chi connectivity index (χ3n) is 6.89. The van der Waals surface area contributed by atoms with E-state index < -0.39 is 84.6 Å². The Labute approximate surface area is 240 Å². The average molecular weight is 499 g/mol. The van der Waals surface area contributed by atoms with Crippen molar-refractivity contribution in [2.75, 3.05) is 0 Å². The minimum Gasteiger partial charge on any atom is -0.456 e. The van der Waals surface area contributed by atoms with E-state index in [1.54, 1.807) is 18.2 Å². The van der Waals surface area contributed by atoms with Crippen molar-refractivity contribution in [2.24, 2.45) is 0 Å². The van der Waals surface area contributed by atoms with Gasteiger partial charge in [-0.25, -0.2) is 0 Å². The molecule has 0 amide bonds. The normalized spacial score (nSPS) is 16.9. The van der Waals surface area contributed by atoms with Crippen LogP contribution in [0.5, 0.6) is 0 Å². The zero-order chi connectivity index (χ0) is 37.2. The first-order valence-corrected chi connectivity index (χ1v) is 12.0. The van der Waals surface area contributed by atoms with Crippen LogP contribution in [0.4, 0.5) is 0 Å². The maximum Gasteiger partial charge on any atom is 0.135 e. The molecule has 1 heteroatoms. The molecule has 0 aliphatic rings. The van der Waals surface area contributed by atoms with Crippen LogP contribution in [0.1, 0.15) is 30.3 Å². The van der Waals surface area contributed by atoms with Crippen LogP contribution >= 0.6 is 0 Å². The summed E-state index contributed by atoms with van der Waals surface area (Å²) in [7, 11) is 0. The molecule has 38 heavy (non-hydrogen) atoms. The maximum absolute atomic E-state index is 9.18. The number of furan rings is 1. The second kappa shape index (κ2) is 8.33. The third-order valence-corrected chi connectivity index (χ3v) is 6.89. The van der Waals surface area contributed by atoms with E-state index in [1.807, 2.05) is 24.3 Å². The van der Waals surface area contributed by atoms with Gasteiger partial charge in [0.15, 0.2) is 0 Å². The lowest BCUT2D eigenvalue weighted by molar-refractivity contribution is 0.669. The Kier molecular flexibility index (Phi) is 2.56. The number of benzene rings is 7. The van der Waals surface area contributed by atoms with Crippen LogP contribution in [0.2, 0.25) is 0 Å². The molecule has 0 aliphatic carbocycles. The summed E-state index contributed by atoms with van der Waals surface area (Å²) >= 11 is 0. The van der Waals surface area contributed by atoms with Crippen molar-refractivity contribution in [3.05, 3.63) is 144 Å². The van der Waals surface area contributed by atoms with Gasteiger partial charge in [-0.3, -0.25) is 0 Å². The fraction of sp³-hybridized carbons (Fsp3) is 0.0270. The fourth-order valence-electron chi connectivity index (χ4n) is 5.22. The van der Waals surface area contributed by atoms with Gasteiger partial charge in [-0.1, -0.05) is 115 Å². The summed E-state index contributed by atoms with van der Waals surface area (Å²) in [6.45, 7) is 0. The molecule has 0 aliphatic heterocycles. The van der Waals surface area contributed by atoms with Crippen LogP contribution < -0.4 is 0 Å². The van der Waals surface area contributed by atoms with Gasteiger partial charge in [0.2, 0.25) is 0 Å². The summed E-state index contributed by atoms with van der Waals surface area (Å²) in [6.07, 6.45) is -0.369. The minimum absolute atomic E-state index is 0.00832. The largest absolute Gasteiger partial charge is 0.456 e. The minimum atomic E-state index is -0.582. The van der Waals surface area contributed by atoms with Crippen molar-refractivity contribution in [1.82, 2.24) is 0 Å². The standard InChI is InChI=1S/C37H24O/c1-2-10-26-21-24(17-18-25(26)9-1)22-33-28-11-3-5-14-31(28)37(32-15-6-4-12-29(32)33)27-19-20-36-34(23-27)30-13-7-8-16-35(30)38-36/h1-21,23H,22H2/i1D,2D,3D,4D,5D,6D,9D,10D,11D,12D,14D,15D,17D,18D. The van der Waals surface area contributed by atoms with Crippen molar-refractivity contribution in [3.63, 3.8) is 0 Å². The van der Waals surface area contributed by atoms with Crippen LogP contribution in [0.3, 0.4) is 0 Å².